The number of thioether (sulfide) groups is 1. The molecule has 4 aromatic rings. The topological polar surface area (TPSA) is 90.5 Å². The van der Waals surface area contributed by atoms with E-state index < -0.39 is 0 Å². The van der Waals surface area contributed by atoms with Crippen LogP contribution >= 0.6 is 11.8 Å². The van der Waals surface area contributed by atoms with Crippen LogP contribution in [-0.2, 0) is 0 Å². The quantitative estimate of drug-likeness (QED) is 0.480. The van der Waals surface area contributed by atoms with E-state index in [4.69, 9.17) is 0 Å². The van der Waals surface area contributed by atoms with Crippen LogP contribution in [0.4, 0.5) is 5.69 Å². The summed E-state index contributed by atoms with van der Waals surface area (Å²) < 4.78 is 3.73. The van der Waals surface area contributed by atoms with E-state index in [1.807, 2.05) is 70.1 Å². The third-order valence-corrected chi connectivity index (χ3v) is 5.60. The maximum atomic E-state index is 13.0. The standard InChI is InChI=1S/C21H19N7OS/c1-30-21-22-13-18(27(21)16-5-3-2-4-6-16)20(29)23-15-9-7-14(8-10-15)19-24-25-26-28(19)17-11-12-17/h2-10,13,17H,11-12H2,1H3,(H,23,29). The van der Waals surface area contributed by atoms with Crippen LogP contribution in [0.25, 0.3) is 17.1 Å². The van der Waals surface area contributed by atoms with Crippen molar-refractivity contribution < 1.29 is 4.79 Å². The van der Waals surface area contributed by atoms with E-state index >= 15 is 0 Å². The van der Waals surface area contributed by atoms with Gasteiger partial charge in [-0.2, -0.15) is 0 Å². The van der Waals surface area contributed by atoms with E-state index in [1.54, 1.807) is 6.20 Å². The number of nitrogens with zero attached hydrogens (tertiary/aromatic N) is 6. The molecule has 2 aromatic carbocycles. The van der Waals surface area contributed by atoms with Gasteiger partial charge in [-0.05, 0) is 65.9 Å². The highest BCUT2D eigenvalue weighted by molar-refractivity contribution is 7.98. The highest BCUT2D eigenvalue weighted by atomic mass is 32.2. The summed E-state index contributed by atoms with van der Waals surface area (Å²) >= 11 is 1.49. The van der Waals surface area contributed by atoms with Crippen molar-refractivity contribution in [3.63, 3.8) is 0 Å². The Balaban J connectivity index is 1.39. The highest BCUT2D eigenvalue weighted by Crippen LogP contribution is 2.36. The van der Waals surface area contributed by atoms with Crippen molar-refractivity contribution in [1.29, 1.82) is 0 Å². The third-order valence-electron chi connectivity index (χ3n) is 4.95. The van der Waals surface area contributed by atoms with Crippen LogP contribution in [0.1, 0.15) is 29.4 Å². The van der Waals surface area contributed by atoms with Crippen molar-refractivity contribution in [2.45, 2.75) is 24.0 Å². The minimum absolute atomic E-state index is 0.220. The van der Waals surface area contributed by atoms with Crippen LogP contribution < -0.4 is 5.32 Å². The Labute approximate surface area is 177 Å². The molecule has 1 saturated carbocycles. The largest absolute Gasteiger partial charge is 0.321 e. The molecule has 0 atom stereocenters. The number of rotatable bonds is 6. The normalized spacial score (nSPS) is 13.4. The molecule has 30 heavy (non-hydrogen) atoms. The molecule has 150 valence electrons. The first-order valence-corrected chi connectivity index (χ1v) is 10.8. The molecule has 9 heteroatoms. The summed E-state index contributed by atoms with van der Waals surface area (Å²) in [6.07, 6.45) is 5.77. The number of benzene rings is 2. The van der Waals surface area contributed by atoms with E-state index in [-0.39, 0.29) is 5.91 Å². The van der Waals surface area contributed by atoms with Crippen molar-refractivity contribution in [3.05, 3.63) is 66.5 Å². The van der Waals surface area contributed by atoms with Gasteiger partial charge in [-0.3, -0.25) is 9.36 Å². The van der Waals surface area contributed by atoms with E-state index in [9.17, 15) is 4.79 Å². The fourth-order valence-corrected chi connectivity index (χ4v) is 3.86. The van der Waals surface area contributed by atoms with Gasteiger partial charge in [-0.1, -0.05) is 30.0 Å². The SMILES string of the molecule is CSc1ncc(C(=O)Nc2ccc(-c3nnnn3C3CC3)cc2)n1-c1ccccc1. The second-order valence-corrected chi connectivity index (χ2v) is 7.78. The minimum Gasteiger partial charge on any atom is -0.321 e. The van der Waals surface area contributed by atoms with E-state index in [0.717, 1.165) is 35.1 Å². The number of para-hydroxylation sites is 1. The van der Waals surface area contributed by atoms with Crippen LogP contribution in [0.2, 0.25) is 0 Å². The first-order valence-electron chi connectivity index (χ1n) is 9.61. The van der Waals surface area contributed by atoms with Gasteiger partial charge in [0.15, 0.2) is 11.0 Å². The first kappa shape index (κ1) is 18.6. The second-order valence-electron chi connectivity index (χ2n) is 7.01. The number of carbonyl (C=O) groups is 1. The van der Waals surface area contributed by atoms with Gasteiger partial charge in [0.1, 0.15) is 5.69 Å². The summed E-state index contributed by atoms with van der Waals surface area (Å²) in [5, 5.41) is 15.8. The van der Waals surface area contributed by atoms with Gasteiger partial charge in [-0.15, -0.1) is 5.10 Å². The zero-order chi connectivity index (χ0) is 20.5. The number of hydrogen-bond acceptors (Lipinski definition) is 6. The average Bonchev–Trinajstić information content (AvgIpc) is 3.35. The predicted octanol–water partition coefficient (Wildman–Crippen LogP) is 3.83. The van der Waals surface area contributed by atoms with Crippen LogP contribution in [0, 0.1) is 0 Å². The maximum absolute atomic E-state index is 13.0. The monoisotopic (exact) mass is 417 g/mol. The molecule has 1 amide bonds. The molecule has 0 spiro atoms. The van der Waals surface area contributed by atoms with Crippen molar-refractivity contribution in [2.75, 3.05) is 11.6 Å². The molecule has 0 bridgehead atoms. The number of imidazole rings is 1. The van der Waals surface area contributed by atoms with Gasteiger partial charge in [0.25, 0.3) is 5.91 Å². The number of amides is 1. The van der Waals surface area contributed by atoms with Crippen LogP contribution in [-0.4, -0.2) is 41.9 Å². The fourth-order valence-electron chi connectivity index (χ4n) is 3.31. The van der Waals surface area contributed by atoms with E-state index in [0.29, 0.717) is 17.4 Å². The van der Waals surface area contributed by atoms with Crippen LogP contribution in [0.3, 0.4) is 0 Å². The molecule has 2 heterocycles. The van der Waals surface area contributed by atoms with E-state index in [2.05, 4.69) is 25.8 Å². The number of anilines is 1. The molecule has 0 unspecified atom stereocenters. The highest BCUT2D eigenvalue weighted by Gasteiger charge is 2.28. The molecule has 1 aliphatic carbocycles. The van der Waals surface area contributed by atoms with Crippen molar-refractivity contribution in [1.82, 2.24) is 29.8 Å². The summed E-state index contributed by atoms with van der Waals surface area (Å²) in [5.41, 5.74) is 2.99. The molecule has 0 saturated heterocycles. The second kappa shape index (κ2) is 7.75. The van der Waals surface area contributed by atoms with Crippen molar-refractivity contribution >= 4 is 23.4 Å². The molecule has 1 fully saturated rings. The minimum atomic E-state index is -0.220. The summed E-state index contributed by atoms with van der Waals surface area (Å²) in [4.78, 5) is 17.4. The molecular formula is C21H19N7OS. The molecule has 1 N–H and O–H groups in total. The van der Waals surface area contributed by atoms with E-state index in [1.165, 1.54) is 11.8 Å². The zero-order valence-electron chi connectivity index (χ0n) is 16.3. The van der Waals surface area contributed by atoms with Gasteiger partial charge in [-0.25, -0.2) is 9.67 Å². The lowest BCUT2D eigenvalue weighted by molar-refractivity contribution is 0.102. The number of tetrazole rings is 1. The molecule has 2 aromatic heterocycles. The molecule has 0 radical (unpaired) electrons. The average molecular weight is 417 g/mol. The lowest BCUT2D eigenvalue weighted by Crippen LogP contribution is -2.16. The maximum Gasteiger partial charge on any atom is 0.274 e. The molecule has 1 aliphatic rings. The van der Waals surface area contributed by atoms with Crippen LogP contribution in [0.5, 0.6) is 0 Å². The number of aromatic nitrogens is 6. The Morgan fingerprint density at radius 1 is 1.10 bits per heavy atom. The van der Waals surface area contributed by atoms with Crippen LogP contribution in [0.15, 0.2) is 66.0 Å². The summed E-state index contributed by atoms with van der Waals surface area (Å²) in [5.74, 6) is 0.532. The van der Waals surface area contributed by atoms with Gasteiger partial charge in [0, 0.05) is 16.9 Å². The number of nitrogens with one attached hydrogen (secondary N) is 1. The predicted molar refractivity (Wildman–Crippen MR) is 115 cm³/mol. The lowest BCUT2D eigenvalue weighted by Gasteiger charge is -2.11. The molecule has 0 aliphatic heterocycles. The Bertz CT molecular complexity index is 1180. The van der Waals surface area contributed by atoms with Gasteiger partial charge in [0.2, 0.25) is 0 Å². The van der Waals surface area contributed by atoms with Gasteiger partial charge in [0.05, 0.1) is 12.2 Å². The van der Waals surface area contributed by atoms with Gasteiger partial charge >= 0.3 is 0 Å². The van der Waals surface area contributed by atoms with Crippen molar-refractivity contribution in [2.24, 2.45) is 0 Å². The Morgan fingerprint density at radius 3 is 2.57 bits per heavy atom. The zero-order valence-corrected chi connectivity index (χ0v) is 17.1. The smallest absolute Gasteiger partial charge is 0.274 e. The van der Waals surface area contributed by atoms with Crippen molar-refractivity contribution in [3.8, 4) is 17.1 Å². The number of carbonyl (C=O) groups excluding carboxylic acids is 1. The van der Waals surface area contributed by atoms with Gasteiger partial charge < -0.3 is 5.32 Å². The summed E-state index contributed by atoms with van der Waals surface area (Å²) in [7, 11) is 0. The summed E-state index contributed by atoms with van der Waals surface area (Å²) in [6.45, 7) is 0. The molecule has 5 rings (SSSR count). The fraction of sp³-hybridized carbons (Fsp3) is 0.190. The third kappa shape index (κ3) is 3.48. The number of hydrogen-bond donors (Lipinski definition) is 1. The Hall–Kier alpha value is -3.46. The lowest BCUT2D eigenvalue weighted by atomic mass is 10.2. The Kier molecular flexibility index (Phi) is 4.80. The Morgan fingerprint density at radius 2 is 1.87 bits per heavy atom. The summed E-state index contributed by atoms with van der Waals surface area (Å²) in [6, 6.07) is 17.7. The first-order chi connectivity index (χ1) is 14.7. The molecular weight excluding hydrogens is 398 g/mol. The molecule has 8 nitrogen and oxygen atoms in total.